The molecule has 1 heterocycles. The highest BCUT2D eigenvalue weighted by molar-refractivity contribution is 8.01. The van der Waals surface area contributed by atoms with E-state index in [2.05, 4.69) is 4.98 Å². The Hall–Kier alpha value is -0.590. The third-order valence-electron chi connectivity index (χ3n) is 2.97. The maximum Gasteiger partial charge on any atom is 0.347 e. The highest BCUT2D eigenvalue weighted by Gasteiger charge is 2.31. The first-order valence-corrected chi connectivity index (χ1v) is 7.36. The van der Waals surface area contributed by atoms with Gasteiger partial charge in [0, 0.05) is 5.75 Å². The molecule has 0 saturated heterocycles. The second kappa shape index (κ2) is 4.96. The SMILES string of the molecule is Cc1nc(SCC2(O)CCCC2)sc1C(=O)O. The summed E-state index contributed by atoms with van der Waals surface area (Å²) in [6.45, 7) is 1.70. The van der Waals surface area contributed by atoms with E-state index < -0.39 is 11.6 Å². The van der Waals surface area contributed by atoms with Gasteiger partial charge in [0.2, 0.25) is 0 Å². The van der Waals surface area contributed by atoms with Crippen LogP contribution in [-0.4, -0.2) is 32.5 Å². The molecule has 2 N–H and O–H groups in total. The van der Waals surface area contributed by atoms with Gasteiger partial charge < -0.3 is 10.2 Å². The van der Waals surface area contributed by atoms with Gasteiger partial charge in [-0.25, -0.2) is 9.78 Å². The molecule has 4 nitrogen and oxygen atoms in total. The molecule has 0 bridgehead atoms. The van der Waals surface area contributed by atoms with Crippen molar-refractivity contribution in [3.05, 3.63) is 10.6 Å². The lowest BCUT2D eigenvalue weighted by Crippen LogP contribution is -2.26. The fourth-order valence-corrected chi connectivity index (χ4v) is 4.19. The molecule has 0 unspecified atom stereocenters. The van der Waals surface area contributed by atoms with Crippen LogP contribution in [0, 0.1) is 6.92 Å². The zero-order valence-corrected chi connectivity index (χ0v) is 11.2. The number of carboxylic acids is 1. The van der Waals surface area contributed by atoms with Crippen LogP contribution < -0.4 is 0 Å². The Labute approximate surface area is 108 Å². The highest BCUT2D eigenvalue weighted by atomic mass is 32.2. The zero-order chi connectivity index (χ0) is 12.5. The number of thiazole rings is 1. The lowest BCUT2D eigenvalue weighted by atomic mass is 10.1. The Bertz CT molecular complexity index is 424. The van der Waals surface area contributed by atoms with Gasteiger partial charge in [0.05, 0.1) is 11.3 Å². The standard InChI is InChI=1S/C11H15NO3S2/c1-7-8(9(13)14)17-10(12-7)16-6-11(15)4-2-3-5-11/h15H,2-6H2,1H3,(H,13,14). The molecular formula is C11H15NO3S2. The lowest BCUT2D eigenvalue weighted by Gasteiger charge is -2.20. The number of carboxylic acid groups (broad SMARTS) is 1. The van der Waals surface area contributed by atoms with E-state index in [9.17, 15) is 9.90 Å². The molecule has 0 spiro atoms. The number of aromatic nitrogens is 1. The minimum absolute atomic E-state index is 0.297. The average Bonchev–Trinajstić information content (AvgIpc) is 2.83. The number of nitrogens with zero attached hydrogens (tertiary/aromatic N) is 1. The first-order valence-electron chi connectivity index (χ1n) is 5.56. The maximum absolute atomic E-state index is 10.9. The van der Waals surface area contributed by atoms with Gasteiger partial charge in [0.1, 0.15) is 4.88 Å². The third-order valence-corrected chi connectivity index (χ3v) is 5.53. The topological polar surface area (TPSA) is 70.4 Å². The van der Waals surface area contributed by atoms with Crippen molar-refractivity contribution >= 4 is 29.1 Å². The molecule has 1 aromatic rings. The van der Waals surface area contributed by atoms with Crippen molar-refractivity contribution in [1.29, 1.82) is 0 Å². The number of aromatic carboxylic acids is 1. The fourth-order valence-electron chi connectivity index (χ4n) is 2.01. The van der Waals surface area contributed by atoms with Crippen LogP contribution in [0.3, 0.4) is 0 Å². The third kappa shape index (κ3) is 3.00. The summed E-state index contributed by atoms with van der Waals surface area (Å²) < 4.78 is 0.736. The number of aryl methyl sites for hydroxylation is 1. The van der Waals surface area contributed by atoms with Crippen molar-refractivity contribution in [1.82, 2.24) is 4.98 Å². The Balaban J connectivity index is 1.99. The van der Waals surface area contributed by atoms with Crippen LogP contribution in [0.15, 0.2) is 4.34 Å². The summed E-state index contributed by atoms with van der Waals surface area (Å²) in [6, 6.07) is 0. The predicted molar refractivity (Wildman–Crippen MR) is 68.0 cm³/mol. The summed E-state index contributed by atoms with van der Waals surface area (Å²) in [5.74, 6) is -0.314. The van der Waals surface area contributed by atoms with Crippen LogP contribution in [0.5, 0.6) is 0 Å². The van der Waals surface area contributed by atoms with E-state index in [1.54, 1.807) is 6.92 Å². The molecule has 1 aliphatic carbocycles. The highest BCUT2D eigenvalue weighted by Crippen LogP contribution is 2.36. The molecule has 94 valence electrons. The first-order chi connectivity index (χ1) is 8.00. The van der Waals surface area contributed by atoms with E-state index in [4.69, 9.17) is 5.11 Å². The lowest BCUT2D eigenvalue weighted by molar-refractivity contribution is 0.0699. The number of hydrogen-bond donors (Lipinski definition) is 2. The second-order valence-electron chi connectivity index (χ2n) is 4.42. The number of thioether (sulfide) groups is 1. The van der Waals surface area contributed by atoms with Crippen molar-refractivity contribution in [3.63, 3.8) is 0 Å². The summed E-state index contributed by atoms with van der Waals surface area (Å²) in [4.78, 5) is 15.4. The molecule has 0 aliphatic heterocycles. The summed E-state index contributed by atoms with van der Waals surface area (Å²) >= 11 is 2.65. The monoisotopic (exact) mass is 273 g/mol. The fraction of sp³-hybridized carbons (Fsp3) is 0.636. The van der Waals surface area contributed by atoms with Gasteiger partial charge in [-0.3, -0.25) is 0 Å². The molecular weight excluding hydrogens is 258 g/mol. The van der Waals surface area contributed by atoms with Gasteiger partial charge in [-0.15, -0.1) is 11.3 Å². The molecule has 0 radical (unpaired) electrons. The quantitative estimate of drug-likeness (QED) is 0.825. The van der Waals surface area contributed by atoms with Crippen LogP contribution in [-0.2, 0) is 0 Å². The molecule has 0 amide bonds. The summed E-state index contributed by atoms with van der Waals surface area (Å²) in [5.41, 5.74) is -0.0171. The normalized spacial score (nSPS) is 18.5. The smallest absolute Gasteiger partial charge is 0.347 e. The minimum Gasteiger partial charge on any atom is -0.477 e. The second-order valence-corrected chi connectivity index (χ2v) is 6.64. The van der Waals surface area contributed by atoms with Crippen LogP contribution in [0.1, 0.15) is 41.0 Å². The Kier molecular flexibility index (Phi) is 3.75. The van der Waals surface area contributed by atoms with Crippen LogP contribution in [0.2, 0.25) is 0 Å². The molecule has 17 heavy (non-hydrogen) atoms. The van der Waals surface area contributed by atoms with Gasteiger partial charge in [-0.1, -0.05) is 24.6 Å². The first kappa shape index (κ1) is 12.9. The molecule has 1 saturated carbocycles. The van der Waals surface area contributed by atoms with E-state index in [1.165, 1.54) is 23.1 Å². The van der Waals surface area contributed by atoms with Crippen LogP contribution >= 0.6 is 23.1 Å². The maximum atomic E-state index is 10.9. The number of carbonyl (C=O) groups is 1. The van der Waals surface area contributed by atoms with Gasteiger partial charge in [-0.05, 0) is 19.8 Å². The van der Waals surface area contributed by atoms with Gasteiger partial charge in [0.15, 0.2) is 4.34 Å². The molecule has 1 aliphatic rings. The molecule has 2 rings (SSSR count). The largest absolute Gasteiger partial charge is 0.477 e. The Morgan fingerprint density at radius 1 is 1.53 bits per heavy atom. The molecule has 1 aromatic heterocycles. The van der Waals surface area contributed by atoms with Crippen molar-refractivity contribution in [2.45, 2.75) is 42.5 Å². The van der Waals surface area contributed by atoms with E-state index >= 15 is 0 Å². The van der Waals surface area contributed by atoms with Gasteiger partial charge >= 0.3 is 5.97 Å². The van der Waals surface area contributed by atoms with Crippen molar-refractivity contribution in [2.24, 2.45) is 0 Å². The van der Waals surface area contributed by atoms with Crippen molar-refractivity contribution in [3.8, 4) is 0 Å². The Morgan fingerprint density at radius 3 is 2.71 bits per heavy atom. The molecule has 0 aromatic carbocycles. The van der Waals surface area contributed by atoms with Crippen molar-refractivity contribution < 1.29 is 15.0 Å². The summed E-state index contributed by atoms with van der Waals surface area (Å²) in [6.07, 6.45) is 3.84. The van der Waals surface area contributed by atoms with Crippen LogP contribution in [0.4, 0.5) is 0 Å². The number of rotatable bonds is 4. The summed E-state index contributed by atoms with van der Waals surface area (Å²) in [5, 5.41) is 19.1. The minimum atomic E-state index is -0.925. The number of aliphatic hydroxyl groups is 1. The predicted octanol–water partition coefficient (Wildman–Crippen LogP) is 2.55. The van der Waals surface area contributed by atoms with Gasteiger partial charge in [-0.2, -0.15) is 0 Å². The van der Waals surface area contributed by atoms with E-state index in [0.717, 1.165) is 30.0 Å². The van der Waals surface area contributed by atoms with E-state index in [1.807, 2.05) is 0 Å². The van der Waals surface area contributed by atoms with Crippen molar-refractivity contribution in [2.75, 3.05) is 5.75 Å². The average molecular weight is 273 g/mol. The molecule has 1 fully saturated rings. The Morgan fingerprint density at radius 2 is 2.18 bits per heavy atom. The van der Waals surface area contributed by atoms with E-state index in [-0.39, 0.29) is 0 Å². The van der Waals surface area contributed by atoms with Gasteiger partial charge in [0.25, 0.3) is 0 Å². The number of hydrogen-bond acceptors (Lipinski definition) is 5. The van der Waals surface area contributed by atoms with E-state index in [0.29, 0.717) is 16.3 Å². The molecule has 6 heteroatoms. The van der Waals surface area contributed by atoms with Crippen LogP contribution in [0.25, 0.3) is 0 Å². The zero-order valence-electron chi connectivity index (χ0n) is 9.60. The summed E-state index contributed by atoms with van der Waals surface area (Å²) in [7, 11) is 0. The molecule has 0 atom stereocenters.